The summed E-state index contributed by atoms with van der Waals surface area (Å²) >= 11 is 6.31. The minimum Gasteiger partial charge on any atom is -0.354 e. The standard InChI is InChI=1S/C21H14ClNO/c22-19-9-5-4-8-16(19)21-18(13-24)17-12-15(10-11-20(17)23-21)14-6-2-1-3-7-14/h1-13,23H. The van der Waals surface area contributed by atoms with E-state index >= 15 is 0 Å². The monoisotopic (exact) mass is 331 g/mol. The molecule has 1 N–H and O–H groups in total. The first-order valence-corrected chi connectivity index (χ1v) is 8.07. The fraction of sp³-hybridized carbons (Fsp3) is 0. The van der Waals surface area contributed by atoms with Gasteiger partial charge in [-0.3, -0.25) is 4.79 Å². The molecule has 0 fully saturated rings. The molecule has 3 heteroatoms. The van der Waals surface area contributed by atoms with Crippen LogP contribution in [0.5, 0.6) is 0 Å². The number of carbonyl (C=O) groups excluding carboxylic acids is 1. The van der Waals surface area contributed by atoms with Crippen molar-refractivity contribution in [3.8, 4) is 22.4 Å². The highest BCUT2D eigenvalue weighted by atomic mass is 35.5. The lowest BCUT2D eigenvalue weighted by Crippen LogP contribution is -1.85. The molecule has 4 rings (SSSR count). The Balaban J connectivity index is 1.95. The molecule has 0 amide bonds. The average molecular weight is 332 g/mol. The van der Waals surface area contributed by atoms with Gasteiger partial charge >= 0.3 is 0 Å². The second kappa shape index (κ2) is 5.99. The van der Waals surface area contributed by atoms with Gasteiger partial charge in [-0.05, 0) is 29.3 Å². The van der Waals surface area contributed by atoms with E-state index in [1.165, 1.54) is 0 Å². The van der Waals surface area contributed by atoms with Gasteiger partial charge in [0.05, 0.1) is 5.69 Å². The fourth-order valence-corrected chi connectivity index (χ4v) is 3.25. The number of rotatable bonds is 3. The van der Waals surface area contributed by atoms with E-state index in [0.717, 1.165) is 39.6 Å². The first-order chi connectivity index (χ1) is 11.8. The van der Waals surface area contributed by atoms with Crippen LogP contribution in [0, 0.1) is 0 Å². The molecule has 0 saturated heterocycles. The summed E-state index contributed by atoms with van der Waals surface area (Å²) in [5.74, 6) is 0. The van der Waals surface area contributed by atoms with Crippen LogP contribution in [0.2, 0.25) is 5.02 Å². The lowest BCUT2D eigenvalue weighted by atomic mass is 10.0. The molecule has 0 unspecified atom stereocenters. The fourth-order valence-electron chi connectivity index (χ4n) is 3.02. The molecule has 4 aromatic rings. The number of fused-ring (bicyclic) bond motifs is 1. The minimum absolute atomic E-state index is 0.621. The van der Waals surface area contributed by atoms with Gasteiger partial charge in [-0.15, -0.1) is 0 Å². The highest BCUT2D eigenvalue weighted by Crippen LogP contribution is 2.35. The van der Waals surface area contributed by atoms with E-state index in [9.17, 15) is 4.79 Å². The average Bonchev–Trinajstić information content (AvgIpc) is 3.00. The van der Waals surface area contributed by atoms with Crippen molar-refractivity contribution in [2.45, 2.75) is 0 Å². The zero-order chi connectivity index (χ0) is 16.5. The summed E-state index contributed by atoms with van der Waals surface area (Å²) in [6, 6.07) is 23.8. The number of hydrogen-bond acceptors (Lipinski definition) is 1. The van der Waals surface area contributed by atoms with Gasteiger partial charge in [0, 0.05) is 27.1 Å². The molecule has 2 nitrogen and oxygen atoms in total. The van der Waals surface area contributed by atoms with Crippen molar-refractivity contribution in [2.75, 3.05) is 0 Å². The Morgan fingerprint density at radius 2 is 1.58 bits per heavy atom. The van der Waals surface area contributed by atoms with Crippen molar-refractivity contribution < 1.29 is 4.79 Å². The number of aromatic amines is 1. The maximum Gasteiger partial charge on any atom is 0.152 e. The zero-order valence-corrected chi connectivity index (χ0v) is 13.5. The highest BCUT2D eigenvalue weighted by Gasteiger charge is 2.15. The molecule has 3 aromatic carbocycles. The molecule has 1 aromatic heterocycles. The maximum absolute atomic E-state index is 11.8. The number of aldehydes is 1. The van der Waals surface area contributed by atoms with Gasteiger partial charge in [-0.25, -0.2) is 0 Å². The van der Waals surface area contributed by atoms with Gasteiger partial charge in [-0.1, -0.05) is 66.2 Å². The first-order valence-electron chi connectivity index (χ1n) is 7.69. The van der Waals surface area contributed by atoms with E-state index in [1.54, 1.807) is 0 Å². The molecule has 0 aliphatic rings. The van der Waals surface area contributed by atoms with Crippen LogP contribution in [-0.4, -0.2) is 11.3 Å². The van der Waals surface area contributed by atoms with Crippen molar-refractivity contribution >= 4 is 28.8 Å². The van der Waals surface area contributed by atoms with E-state index in [4.69, 9.17) is 11.6 Å². The summed E-state index contributed by atoms with van der Waals surface area (Å²) in [6.07, 6.45) is 0.895. The summed E-state index contributed by atoms with van der Waals surface area (Å²) in [4.78, 5) is 15.1. The normalized spacial score (nSPS) is 10.9. The van der Waals surface area contributed by atoms with Gasteiger partial charge in [0.25, 0.3) is 0 Å². The van der Waals surface area contributed by atoms with E-state index in [-0.39, 0.29) is 0 Å². The van der Waals surface area contributed by atoms with Crippen molar-refractivity contribution in [1.82, 2.24) is 4.98 Å². The van der Waals surface area contributed by atoms with E-state index < -0.39 is 0 Å². The molecule has 0 aliphatic heterocycles. The number of aromatic nitrogens is 1. The van der Waals surface area contributed by atoms with Gasteiger partial charge in [0.2, 0.25) is 0 Å². The first kappa shape index (κ1) is 14.7. The Hall–Kier alpha value is -2.84. The Labute approximate surface area is 144 Å². The van der Waals surface area contributed by atoms with Crippen LogP contribution in [0.3, 0.4) is 0 Å². The van der Waals surface area contributed by atoms with Crippen molar-refractivity contribution in [3.05, 3.63) is 83.4 Å². The maximum atomic E-state index is 11.8. The quantitative estimate of drug-likeness (QED) is 0.461. The second-order valence-corrected chi connectivity index (χ2v) is 6.04. The molecule has 0 aliphatic carbocycles. The lowest BCUT2D eigenvalue weighted by Gasteiger charge is -2.03. The Morgan fingerprint density at radius 1 is 0.833 bits per heavy atom. The Morgan fingerprint density at radius 3 is 2.33 bits per heavy atom. The topological polar surface area (TPSA) is 32.9 Å². The molecule has 0 spiro atoms. The van der Waals surface area contributed by atoms with E-state index in [0.29, 0.717) is 10.6 Å². The summed E-state index contributed by atoms with van der Waals surface area (Å²) in [5, 5.41) is 1.52. The zero-order valence-electron chi connectivity index (χ0n) is 12.8. The highest BCUT2D eigenvalue weighted by molar-refractivity contribution is 6.33. The molecule has 0 saturated carbocycles. The molecule has 116 valence electrons. The molecule has 1 heterocycles. The second-order valence-electron chi connectivity index (χ2n) is 5.64. The van der Waals surface area contributed by atoms with Crippen LogP contribution in [0.1, 0.15) is 10.4 Å². The molecular formula is C21H14ClNO. The Kier molecular flexibility index (Phi) is 3.68. The van der Waals surface area contributed by atoms with Crippen molar-refractivity contribution in [2.24, 2.45) is 0 Å². The van der Waals surface area contributed by atoms with Gasteiger partial charge in [0.15, 0.2) is 6.29 Å². The van der Waals surface area contributed by atoms with Crippen LogP contribution in [0.4, 0.5) is 0 Å². The third-order valence-electron chi connectivity index (χ3n) is 4.21. The molecule has 0 atom stereocenters. The van der Waals surface area contributed by atoms with Gasteiger partial charge in [-0.2, -0.15) is 0 Å². The summed E-state index contributed by atoms with van der Waals surface area (Å²) in [5.41, 5.74) is 5.35. The number of benzene rings is 3. The summed E-state index contributed by atoms with van der Waals surface area (Å²) < 4.78 is 0. The van der Waals surface area contributed by atoms with Crippen molar-refractivity contribution in [1.29, 1.82) is 0 Å². The number of H-pyrrole nitrogens is 1. The number of carbonyl (C=O) groups is 1. The molecular weight excluding hydrogens is 318 g/mol. The number of nitrogens with one attached hydrogen (secondary N) is 1. The van der Waals surface area contributed by atoms with Crippen LogP contribution >= 0.6 is 11.6 Å². The predicted molar refractivity (Wildman–Crippen MR) is 99.6 cm³/mol. The van der Waals surface area contributed by atoms with Crippen LogP contribution in [0.25, 0.3) is 33.3 Å². The SMILES string of the molecule is O=Cc1c(-c2ccccc2Cl)[nH]c2ccc(-c3ccccc3)cc12. The third kappa shape index (κ3) is 2.41. The largest absolute Gasteiger partial charge is 0.354 e. The third-order valence-corrected chi connectivity index (χ3v) is 4.54. The van der Waals surface area contributed by atoms with E-state index in [1.807, 2.05) is 54.6 Å². The molecule has 0 bridgehead atoms. The lowest BCUT2D eigenvalue weighted by molar-refractivity contribution is 0.112. The van der Waals surface area contributed by atoms with Crippen LogP contribution in [0.15, 0.2) is 72.8 Å². The smallest absolute Gasteiger partial charge is 0.152 e. The number of halogens is 1. The van der Waals surface area contributed by atoms with Gasteiger partial charge in [0.1, 0.15) is 0 Å². The van der Waals surface area contributed by atoms with Crippen LogP contribution in [-0.2, 0) is 0 Å². The Bertz CT molecular complexity index is 1030. The van der Waals surface area contributed by atoms with Crippen LogP contribution < -0.4 is 0 Å². The number of hydrogen-bond donors (Lipinski definition) is 1. The van der Waals surface area contributed by atoms with E-state index in [2.05, 4.69) is 23.2 Å². The van der Waals surface area contributed by atoms with Gasteiger partial charge < -0.3 is 4.98 Å². The van der Waals surface area contributed by atoms with Crippen molar-refractivity contribution in [3.63, 3.8) is 0 Å². The minimum atomic E-state index is 0.621. The molecule has 0 radical (unpaired) electrons. The summed E-state index contributed by atoms with van der Waals surface area (Å²) in [6.45, 7) is 0. The summed E-state index contributed by atoms with van der Waals surface area (Å²) in [7, 11) is 0. The molecule has 24 heavy (non-hydrogen) atoms. The predicted octanol–water partition coefficient (Wildman–Crippen LogP) is 5.97.